The molecule has 108 valence electrons. The number of imidazole rings is 1. The van der Waals surface area contributed by atoms with Crippen molar-refractivity contribution < 1.29 is 9.13 Å². The van der Waals surface area contributed by atoms with Gasteiger partial charge >= 0.3 is 0 Å². The quantitative estimate of drug-likeness (QED) is 0.881. The highest BCUT2D eigenvalue weighted by Crippen LogP contribution is 2.27. The molecule has 1 aromatic heterocycles. The van der Waals surface area contributed by atoms with Crippen molar-refractivity contribution in [3.63, 3.8) is 0 Å². The maximum atomic E-state index is 13.9. The largest absolute Gasteiger partial charge is 0.496 e. The number of hydrogen-bond acceptors (Lipinski definition) is 3. The fraction of sp³-hybridized carbons (Fsp3) is 0.400. The van der Waals surface area contributed by atoms with E-state index in [1.54, 1.807) is 25.4 Å². The van der Waals surface area contributed by atoms with Crippen LogP contribution in [-0.4, -0.2) is 23.2 Å². The molecule has 20 heavy (non-hydrogen) atoms. The van der Waals surface area contributed by atoms with Gasteiger partial charge in [0.2, 0.25) is 0 Å². The summed E-state index contributed by atoms with van der Waals surface area (Å²) in [5.74, 6) is 1.33. The van der Waals surface area contributed by atoms with E-state index < -0.39 is 0 Å². The second-order valence-corrected chi connectivity index (χ2v) is 4.74. The van der Waals surface area contributed by atoms with Crippen LogP contribution in [0.4, 0.5) is 4.39 Å². The molecule has 4 nitrogen and oxygen atoms in total. The Morgan fingerprint density at radius 2 is 2.25 bits per heavy atom. The van der Waals surface area contributed by atoms with E-state index in [0.717, 1.165) is 18.8 Å². The normalized spacial score (nSPS) is 12.4. The lowest BCUT2D eigenvalue weighted by Crippen LogP contribution is -2.23. The number of nitrogens with one attached hydrogen (secondary N) is 1. The van der Waals surface area contributed by atoms with Crippen molar-refractivity contribution in [2.45, 2.75) is 19.4 Å². The summed E-state index contributed by atoms with van der Waals surface area (Å²) in [6, 6.07) is 4.76. The van der Waals surface area contributed by atoms with Crippen LogP contribution in [0, 0.1) is 5.82 Å². The van der Waals surface area contributed by atoms with Crippen LogP contribution in [0.2, 0.25) is 0 Å². The van der Waals surface area contributed by atoms with E-state index in [1.165, 1.54) is 6.07 Å². The highest BCUT2D eigenvalue weighted by Gasteiger charge is 2.15. The Kier molecular flexibility index (Phi) is 4.74. The third-order valence-corrected chi connectivity index (χ3v) is 3.39. The van der Waals surface area contributed by atoms with Crippen LogP contribution in [0.25, 0.3) is 0 Å². The molecule has 0 aliphatic carbocycles. The minimum atomic E-state index is -0.249. The van der Waals surface area contributed by atoms with Gasteiger partial charge in [0.1, 0.15) is 17.4 Å². The lowest BCUT2D eigenvalue weighted by atomic mass is 10.1. The van der Waals surface area contributed by atoms with Crippen molar-refractivity contribution in [2.24, 2.45) is 7.05 Å². The number of halogens is 1. The monoisotopic (exact) mass is 277 g/mol. The molecule has 1 heterocycles. The first kappa shape index (κ1) is 14.5. The summed E-state index contributed by atoms with van der Waals surface area (Å²) in [5, 5.41) is 3.31. The SMILES string of the molecule is COc1cccc(F)c1C(C)NCCc1nccn1C. The molecule has 0 bridgehead atoms. The Morgan fingerprint density at radius 3 is 2.90 bits per heavy atom. The number of nitrogens with zero attached hydrogens (tertiary/aromatic N) is 2. The van der Waals surface area contributed by atoms with Crippen LogP contribution in [0.3, 0.4) is 0 Å². The molecule has 0 aliphatic heterocycles. The molecular weight excluding hydrogens is 257 g/mol. The minimum Gasteiger partial charge on any atom is -0.496 e. The highest BCUT2D eigenvalue weighted by atomic mass is 19.1. The van der Waals surface area contributed by atoms with Gasteiger partial charge in [0.15, 0.2) is 0 Å². The molecule has 0 amide bonds. The molecule has 0 fully saturated rings. The molecule has 0 radical (unpaired) electrons. The van der Waals surface area contributed by atoms with Crippen LogP contribution >= 0.6 is 0 Å². The third-order valence-electron chi connectivity index (χ3n) is 3.39. The predicted octanol–water partition coefficient (Wildman–Crippen LogP) is 2.46. The molecule has 1 unspecified atom stereocenters. The Bertz CT molecular complexity index is 568. The van der Waals surface area contributed by atoms with E-state index in [0.29, 0.717) is 11.3 Å². The number of benzene rings is 1. The molecule has 0 spiro atoms. The summed E-state index contributed by atoms with van der Waals surface area (Å²) in [5.41, 5.74) is 0.565. The van der Waals surface area contributed by atoms with E-state index in [-0.39, 0.29) is 11.9 Å². The molecule has 1 aromatic carbocycles. The molecule has 0 aliphatic rings. The zero-order valence-electron chi connectivity index (χ0n) is 12.1. The molecule has 0 saturated heterocycles. The molecule has 2 rings (SSSR count). The summed E-state index contributed by atoms with van der Waals surface area (Å²) < 4.78 is 21.1. The smallest absolute Gasteiger partial charge is 0.131 e. The number of aryl methyl sites for hydroxylation is 1. The van der Waals surface area contributed by atoms with Crippen molar-refractivity contribution >= 4 is 0 Å². The molecule has 0 saturated carbocycles. The zero-order chi connectivity index (χ0) is 14.5. The third kappa shape index (κ3) is 3.17. The van der Waals surface area contributed by atoms with Crippen LogP contribution in [0.1, 0.15) is 24.4 Å². The van der Waals surface area contributed by atoms with Gasteiger partial charge in [0, 0.05) is 44.0 Å². The maximum Gasteiger partial charge on any atom is 0.131 e. The first-order chi connectivity index (χ1) is 9.63. The summed E-state index contributed by atoms with van der Waals surface area (Å²) in [6.07, 6.45) is 4.49. The van der Waals surface area contributed by atoms with Crippen LogP contribution in [0.15, 0.2) is 30.6 Å². The van der Waals surface area contributed by atoms with E-state index in [1.807, 2.05) is 24.7 Å². The topological polar surface area (TPSA) is 39.1 Å². The average Bonchev–Trinajstić information content (AvgIpc) is 2.84. The van der Waals surface area contributed by atoms with Gasteiger partial charge in [-0.05, 0) is 19.1 Å². The second kappa shape index (κ2) is 6.52. The van der Waals surface area contributed by atoms with Crippen molar-refractivity contribution in [3.05, 3.63) is 47.8 Å². The summed E-state index contributed by atoms with van der Waals surface area (Å²) in [6.45, 7) is 2.66. The minimum absolute atomic E-state index is 0.119. The Labute approximate surface area is 118 Å². The van der Waals surface area contributed by atoms with Crippen molar-refractivity contribution in [3.8, 4) is 5.75 Å². The Balaban J connectivity index is 1.98. The molecule has 1 N–H and O–H groups in total. The fourth-order valence-electron chi connectivity index (χ4n) is 2.26. The van der Waals surface area contributed by atoms with Gasteiger partial charge in [-0.25, -0.2) is 9.37 Å². The van der Waals surface area contributed by atoms with Gasteiger partial charge < -0.3 is 14.6 Å². The molecule has 1 atom stereocenters. The standard InChI is InChI=1S/C15H20FN3O/c1-11(15-12(16)5-4-6-13(15)20-3)17-8-7-14-18-9-10-19(14)2/h4-6,9-11,17H,7-8H2,1-3H3. The maximum absolute atomic E-state index is 13.9. The summed E-state index contributed by atoms with van der Waals surface area (Å²) >= 11 is 0. The van der Waals surface area contributed by atoms with Crippen molar-refractivity contribution in [1.29, 1.82) is 0 Å². The van der Waals surface area contributed by atoms with Crippen LogP contribution < -0.4 is 10.1 Å². The van der Waals surface area contributed by atoms with Gasteiger partial charge in [-0.3, -0.25) is 0 Å². The number of rotatable bonds is 6. The molecular formula is C15H20FN3O. The number of ether oxygens (including phenoxy) is 1. The van der Waals surface area contributed by atoms with Crippen molar-refractivity contribution in [1.82, 2.24) is 14.9 Å². The van der Waals surface area contributed by atoms with Gasteiger partial charge in [0.25, 0.3) is 0 Å². The predicted molar refractivity (Wildman–Crippen MR) is 76.3 cm³/mol. The lowest BCUT2D eigenvalue weighted by molar-refractivity contribution is 0.394. The first-order valence-corrected chi connectivity index (χ1v) is 6.65. The molecule has 2 aromatic rings. The average molecular weight is 277 g/mol. The number of aromatic nitrogens is 2. The number of methoxy groups -OCH3 is 1. The van der Waals surface area contributed by atoms with E-state index in [4.69, 9.17) is 4.74 Å². The van der Waals surface area contributed by atoms with Crippen LogP contribution in [-0.2, 0) is 13.5 Å². The summed E-state index contributed by atoms with van der Waals surface area (Å²) in [4.78, 5) is 4.26. The van der Waals surface area contributed by atoms with Gasteiger partial charge in [0.05, 0.1) is 7.11 Å². The Hall–Kier alpha value is -1.88. The van der Waals surface area contributed by atoms with Crippen LogP contribution in [0.5, 0.6) is 5.75 Å². The lowest BCUT2D eigenvalue weighted by Gasteiger charge is -2.18. The highest BCUT2D eigenvalue weighted by molar-refractivity contribution is 5.36. The zero-order valence-corrected chi connectivity index (χ0v) is 12.1. The summed E-state index contributed by atoms with van der Waals surface area (Å²) in [7, 11) is 3.52. The van der Waals surface area contributed by atoms with E-state index >= 15 is 0 Å². The van der Waals surface area contributed by atoms with E-state index in [9.17, 15) is 4.39 Å². The van der Waals surface area contributed by atoms with Gasteiger partial charge in [-0.1, -0.05) is 6.07 Å². The number of hydrogen-bond donors (Lipinski definition) is 1. The fourth-order valence-corrected chi connectivity index (χ4v) is 2.26. The Morgan fingerprint density at radius 1 is 1.45 bits per heavy atom. The molecule has 5 heteroatoms. The second-order valence-electron chi connectivity index (χ2n) is 4.74. The van der Waals surface area contributed by atoms with E-state index in [2.05, 4.69) is 10.3 Å². The van der Waals surface area contributed by atoms with Gasteiger partial charge in [-0.15, -0.1) is 0 Å². The van der Waals surface area contributed by atoms with Gasteiger partial charge in [-0.2, -0.15) is 0 Å². The first-order valence-electron chi connectivity index (χ1n) is 6.65. The van der Waals surface area contributed by atoms with Crippen molar-refractivity contribution in [2.75, 3.05) is 13.7 Å².